The van der Waals surface area contributed by atoms with Crippen molar-refractivity contribution in [3.63, 3.8) is 0 Å². The fraction of sp³-hybridized carbons (Fsp3) is 0.286. The molecule has 21 heavy (non-hydrogen) atoms. The van der Waals surface area contributed by atoms with Crippen LogP contribution in [0.25, 0.3) is 5.69 Å². The van der Waals surface area contributed by atoms with E-state index in [2.05, 4.69) is 20.9 Å². The topological polar surface area (TPSA) is 64.1 Å². The first-order valence-electron chi connectivity index (χ1n) is 6.24. The molecule has 1 heterocycles. The van der Waals surface area contributed by atoms with E-state index in [0.717, 1.165) is 4.57 Å². The minimum Gasteiger partial charge on any atom is -0.497 e. The largest absolute Gasteiger partial charge is 0.497 e. The molecule has 0 saturated carbocycles. The first kappa shape index (κ1) is 15.9. The summed E-state index contributed by atoms with van der Waals surface area (Å²) in [4.78, 5) is 27.2. The number of nitrogens with zero attached hydrogens (tertiary/aromatic N) is 1. The van der Waals surface area contributed by atoms with E-state index in [1.165, 1.54) is 7.11 Å². The molecule has 7 heteroatoms. The van der Waals surface area contributed by atoms with E-state index >= 15 is 0 Å². The van der Waals surface area contributed by atoms with Crippen LogP contribution in [0.1, 0.15) is 25.3 Å². The Morgan fingerprint density at radius 1 is 1.29 bits per heavy atom. The molecular weight excluding hydrogens is 360 g/mol. The summed E-state index contributed by atoms with van der Waals surface area (Å²) in [6.07, 6.45) is 0. The van der Waals surface area contributed by atoms with E-state index in [0.29, 0.717) is 21.5 Å². The maximum atomic E-state index is 12.6. The highest BCUT2D eigenvalue weighted by molar-refractivity contribution is 9.10. The smallest absolute Gasteiger partial charge is 0.334 e. The molecule has 0 aliphatic heterocycles. The van der Waals surface area contributed by atoms with Gasteiger partial charge in [0.1, 0.15) is 10.9 Å². The fourth-order valence-electron chi connectivity index (χ4n) is 2.05. The predicted octanol–water partition coefficient (Wildman–Crippen LogP) is 3.07. The molecule has 112 valence electrons. The summed E-state index contributed by atoms with van der Waals surface area (Å²) < 4.78 is 6.90. The van der Waals surface area contributed by atoms with Crippen LogP contribution in [0.15, 0.2) is 32.3 Å². The third-order valence-corrected chi connectivity index (χ3v) is 3.77. The number of hydrogen-bond donors (Lipinski definition) is 1. The van der Waals surface area contributed by atoms with Crippen molar-refractivity contribution >= 4 is 27.5 Å². The van der Waals surface area contributed by atoms with Crippen molar-refractivity contribution in [1.29, 1.82) is 0 Å². The molecule has 0 fully saturated rings. The summed E-state index contributed by atoms with van der Waals surface area (Å²) in [6, 6.07) is 5.01. The molecular formula is C14H14BrClN2O3. The monoisotopic (exact) mass is 372 g/mol. The van der Waals surface area contributed by atoms with Crippen molar-refractivity contribution in [2.75, 3.05) is 7.11 Å². The SMILES string of the molecule is COc1cc(Br)cc(-n2c(=O)[nH]c(Cl)c(C(C)C)c2=O)c1. The lowest BCUT2D eigenvalue weighted by atomic mass is 10.1. The maximum absolute atomic E-state index is 12.6. The molecule has 0 aliphatic rings. The third-order valence-electron chi connectivity index (χ3n) is 3.02. The fourth-order valence-corrected chi connectivity index (χ4v) is 2.89. The summed E-state index contributed by atoms with van der Waals surface area (Å²) in [5.74, 6) is 0.425. The van der Waals surface area contributed by atoms with Gasteiger partial charge in [-0.3, -0.25) is 9.78 Å². The lowest BCUT2D eigenvalue weighted by molar-refractivity contribution is 0.414. The Morgan fingerprint density at radius 3 is 2.52 bits per heavy atom. The van der Waals surface area contributed by atoms with E-state index in [-0.39, 0.29) is 11.1 Å². The Morgan fingerprint density at radius 2 is 1.95 bits per heavy atom. The van der Waals surface area contributed by atoms with Gasteiger partial charge in [-0.2, -0.15) is 0 Å². The number of benzene rings is 1. The number of H-pyrrole nitrogens is 1. The van der Waals surface area contributed by atoms with E-state index in [1.807, 2.05) is 13.8 Å². The van der Waals surface area contributed by atoms with Crippen LogP contribution in [-0.4, -0.2) is 16.7 Å². The number of nitrogens with one attached hydrogen (secondary N) is 1. The average molecular weight is 374 g/mol. The summed E-state index contributed by atoms with van der Waals surface area (Å²) >= 11 is 9.30. The Kier molecular flexibility index (Phi) is 4.58. The van der Waals surface area contributed by atoms with E-state index in [9.17, 15) is 9.59 Å². The summed E-state index contributed by atoms with van der Waals surface area (Å²) in [7, 11) is 1.51. The van der Waals surface area contributed by atoms with Crippen LogP contribution in [0.2, 0.25) is 5.15 Å². The number of methoxy groups -OCH3 is 1. The van der Waals surface area contributed by atoms with E-state index in [1.54, 1.807) is 18.2 Å². The molecule has 1 N–H and O–H groups in total. The van der Waals surface area contributed by atoms with Crippen LogP contribution in [-0.2, 0) is 0 Å². The van der Waals surface area contributed by atoms with Gasteiger partial charge in [-0.15, -0.1) is 0 Å². The Balaban J connectivity index is 2.82. The zero-order valence-electron chi connectivity index (χ0n) is 11.7. The second kappa shape index (κ2) is 6.07. The van der Waals surface area contributed by atoms with Crippen LogP contribution < -0.4 is 16.0 Å². The highest BCUT2D eigenvalue weighted by Gasteiger charge is 2.17. The van der Waals surface area contributed by atoms with Gasteiger partial charge in [0, 0.05) is 10.5 Å². The van der Waals surface area contributed by atoms with Gasteiger partial charge in [0.15, 0.2) is 0 Å². The van der Waals surface area contributed by atoms with Crippen LogP contribution >= 0.6 is 27.5 Å². The normalized spacial score (nSPS) is 11.0. The molecule has 2 rings (SSSR count). The molecule has 0 saturated heterocycles. The third kappa shape index (κ3) is 3.06. The molecule has 2 aromatic rings. The highest BCUT2D eigenvalue weighted by Crippen LogP contribution is 2.23. The van der Waals surface area contributed by atoms with Crippen LogP contribution in [0.3, 0.4) is 0 Å². The number of halogens is 2. The number of rotatable bonds is 3. The zero-order valence-corrected chi connectivity index (χ0v) is 14.1. The second-order valence-corrected chi connectivity index (χ2v) is 6.10. The summed E-state index contributed by atoms with van der Waals surface area (Å²) in [5.41, 5.74) is -0.241. The van der Waals surface area contributed by atoms with Gasteiger partial charge >= 0.3 is 5.69 Å². The average Bonchev–Trinajstić information content (AvgIpc) is 2.36. The number of hydrogen-bond acceptors (Lipinski definition) is 3. The predicted molar refractivity (Wildman–Crippen MR) is 86.0 cm³/mol. The molecule has 5 nitrogen and oxygen atoms in total. The minimum absolute atomic E-state index is 0.0817. The molecule has 1 aromatic carbocycles. The Bertz CT molecular complexity index is 796. The van der Waals surface area contributed by atoms with Crippen molar-refractivity contribution in [3.05, 3.63) is 54.2 Å². The molecule has 0 amide bonds. The Labute approximate surface area is 134 Å². The number of ether oxygens (including phenoxy) is 1. The maximum Gasteiger partial charge on any atom is 0.334 e. The standard InChI is InChI=1S/C14H14BrClN2O3/c1-7(2)11-12(16)17-14(20)18(13(11)19)9-4-8(15)5-10(6-9)21-3/h4-7H,1-3H3,(H,17,20). The van der Waals surface area contributed by atoms with Crippen LogP contribution in [0.5, 0.6) is 5.75 Å². The molecule has 0 spiro atoms. The van der Waals surface area contributed by atoms with Crippen molar-refractivity contribution in [2.45, 2.75) is 19.8 Å². The first-order valence-corrected chi connectivity index (χ1v) is 7.42. The lowest BCUT2D eigenvalue weighted by Crippen LogP contribution is -2.36. The molecule has 0 radical (unpaired) electrons. The Hall–Kier alpha value is -1.53. The van der Waals surface area contributed by atoms with Crippen LogP contribution in [0.4, 0.5) is 0 Å². The summed E-state index contributed by atoms with van der Waals surface area (Å²) in [6.45, 7) is 3.68. The van der Waals surface area contributed by atoms with E-state index < -0.39 is 11.2 Å². The van der Waals surface area contributed by atoms with Gasteiger partial charge in [0.25, 0.3) is 5.56 Å². The van der Waals surface area contributed by atoms with Gasteiger partial charge < -0.3 is 4.74 Å². The van der Waals surface area contributed by atoms with Gasteiger partial charge in [-0.05, 0) is 18.1 Å². The minimum atomic E-state index is -0.588. The van der Waals surface area contributed by atoms with Gasteiger partial charge in [0.2, 0.25) is 0 Å². The zero-order chi connectivity index (χ0) is 15.7. The highest BCUT2D eigenvalue weighted by atomic mass is 79.9. The summed E-state index contributed by atoms with van der Waals surface area (Å²) in [5, 5.41) is 0.0817. The van der Waals surface area contributed by atoms with Crippen LogP contribution in [0, 0.1) is 0 Å². The van der Waals surface area contributed by atoms with Crippen molar-refractivity contribution in [2.24, 2.45) is 0 Å². The molecule has 0 aliphatic carbocycles. The molecule has 0 atom stereocenters. The molecule has 0 bridgehead atoms. The lowest BCUT2D eigenvalue weighted by Gasteiger charge is -2.12. The van der Waals surface area contributed by atoms with Crippen molar-refractivity contribution in [1.82, 2.24) is 9.55 Å². The number of aromatic nitrogens is 2. The molecule has 1 aromatic heterocycles. The second-order valence-electron chi connectivity index (χ2n) is 4.80. The van der Waals surface area contributed by atoms with Gasteiger partial charge in [-0.25, -0.2) is 9.36 Å². The van der Waals surface area contributed by atoms with Crippen molar-refractivity contribution < 1.29 is 4.74 Å². The van der Waals surface area contributed by atoms with Gasteiger partial charge in [0.05, 0.1) is 18.4 Å². The van der Waals surface area contributed by atoms with E-state index in [4.69, 9.17) is 16.3 Å². The molecule has 0 unspecified atom stereocenters. The number of aromatic amines is 1. The van der Waals surface area contributed by atoms with Crippen molar-refractivity contribution in [3.8, 4) is 11.4 Å². The quantitative estimate of drug-likeness (QED) is 0.841. The van der Waals surface area contributed by atoms with Gasteiger partial charge in [-0.1, -0.05) is 41.4 Å². The first-order chi connectivity index (χ1) is 9.85.